The quantitative estimate of drug-likeness (QED) is 0.865. The second-order valence-electron chi connectivity index (χ2n) is 7.51. The van der Waals surface area contributed by atoms with Gasteiger partial charge in [0.25, 0.3) is 0 Å². The summed E-state index contributed by atoms with van der Waals surface area (Å²) in [7, 11) is 0. The molecule has 1 saturated heterocycles. The van der Waals surface area contributed by atoms with Crippen molar-refractivity contribution in [3.63, 3.8) is 0 Å². The number of hydrogen-bond acceptors (Lipinski definition) is 6. The molecule has 0 aliphatic carbocycles. The van der Waals surface area contributed by atoms with Crippen LogP contribution in [0, 0.1) is 5.92 Å². The molecule has 1 aliphatic heterocycles. The van der Waals surface area contributed by atoms with Crippen LogP contribution in [0.5, 0.6) is 0 Å². The van der Waals surface area contributed by atoms with Crippen molar-refractivity contribution in [1.82, 2.24) is 15.1 Å². The molecule has 0 saturated carbocycles. The molecule has 1 N–H and O–H groups in total. The molecule has 1 aliphatic rings. The molecule has 1 aromatic carbocycles. The number of aromatic nitrogens is 2. The van der Waals surface area contributed by atoms with Gasteiger partial charge in [-0.1, -0.05) is 41.7 Å². The number of benzene rings is 1. The monoisotopic (exact) mass is 388 g/mol. The lowest BCUT2D eigenvalue weighted by molar-refractivity contribution is -0.121. The number of nitrogens with zero attached hydrogens (tertiary/aromatic N) is 3. The Balaban J connectivity index is 1.52. The highest BCUT2D eigenvalue weighted by Crippen LogP contribution is 2.27. The Bertz CT molecular complexity index is 793. The van der Waals surface area contributed by atoms with Gasteiger partial charge in [0.15, 0.2) is 0 Å². The summed E-state index contributed by atoms with van der Waals surface area (Å²) in [5.41, 5.74) is 0.459. The second kappa shape index (κ2) is 8.04. The number of piperidine rings is 1. The lowest BCUT2D eigenvalue weighted by Gasteiger charge is -2.32. The molecule has 0 radical (unpaired) electrons. The minimum Gasteiger partial charge on any atom is -0.444 e. The number of amides is 2. The third kappa shape index (κ3) is 5.26. The van der Waals surface area contributed by atoms with E-state index in [4.69, 9.17) is 4.74 Å². The molecule has 0 bridgehead atoms. The van der Waals surface area contributed by atoms with E-state index in [1.807, 2.05) is 51.1 Å². The molecular weight excluding hydrogens is 364 g/mol. The summed E-state index contributed by atoms with van der Waals surface area (Å²) < 4.78 is 5.38. The molecule has 0 unspecified atom stereocenters. The van der Waals surface area contributed by atoms with Gasteiger partial charge in [-0.2, -0.15) is 0 Å². The molecule has 0 spiro atoms. The first kappa shape index (κ1) is 19.3. The van der Waals surface area contributed by atoms with E-state index in [2.05, 4.69) is 15.5 Å². The van der Waals surface area contributed by atoms with Crippen LogP contribution in [-0.4, -0.2) is 45.8 Å². The molecule has 2 aromatic rings. The molecule has 3 rings (SSSR count). The van der Waals surface area contributed by atoms with Crippen molar-refractivity contribution >= 4 is 28.5 Å². The van der Waals surface area contributed by atoms with Crippen molar-refractivity contribution in [2.75, 3.05) is 18.4 Å². The van der Waals surface area contributed by atoms with E-state index >= 15 is 0 Å². The average Bonchev–Trinajstić information content (AvgIpc) is 3.09. The van der Waals surface area contributed by atoms with Crippen LogP contribution in [0.15, 0.2) is 30.3 Å². The van der Waals surface area contributed by atoms with Gasteiger partial charge in [0.1, 0.15) is 10.6 Å². The number of anilines is 1. The van der Waals surface area contributed by atoms with E-state index in [-0.39, 0.29) is 17.9 Å². The van der Waals surface area contributed by atoms with Gasteiger partial charge in [-0.3, -0.25) is 4.79 Å². The molecule has 27 heavy (non-hydrogen) atoms. The number of carbonyl (C=O) groups excluding carboxylic acids is 2. The Kier molecular flexibility index (Phi) is 5.74. The molecule has 2 amide bonds. The summed E-state index contributed by atoms with van der Waals surface area (Å²) in [6, 6.07) is 9.73. The number of carbonyl (C=O) groups is 2. The van der Waals surface area contributed by atoms with Gasteiger partial charge in [-0.25, -0.2) is 4.79 Å². The van der Waals surface area contributed by atoms with Crippen molar-refractivity contribution in [3.8, 4) is 10.6 Å². The van der Waals surface area contributed by atoms with Crippen LogP contribution in [0.25, 0.3) is 10.6 Å². The zero-order valence-corrected chi connectivity index (χ0v) is 16.6. The third-order valence-corrected chi connectivity index (χ3v) is 5.08. The molecule has 2 heterocycles. The molecule has 144 valence electrons. The van der Waals surface area contributed by atoms with Gasteiger partial charge >= 0.3 is 6.09 Å². The largest absolute Gasteiger partial charge is 0.444 e. The number of rotatable bonds is 3. The predicted octanol–water partition coefficient (Wildman–Crippen LogP) is 3.79. The number of likely N-dealkylation sites (tertiary alicyclic amines) is 1. The minimum absolute atomic E-state index is 0.0744. The van der Waals surface area contributed by atoms with Crippen molar-refractivity contribution < 1.29 is 14.3 Å². The number of hydrogen-bond donors (Lipinski definition) is 1. The Labute approximate surface area is 162 Å². The highest BCUT2D eigenvalue weighted by molar-refractivity contribution is 7.18. The number of ether oxygens (including phenoxy) is 1. The molecule has 1 aromatic heterocycles. The highest BCUT2D eigenvalue weighted by Gasteiger charge is 2.30. The molecule has 7 nitrogen and oxygen atoms in total. The summed E-state index contributed by atoms with van der Waals surface area (Å²) in [5, 5.41) is 12.3. The summed E-state index contributed by atoms with van der Waals surface area (Å²) in [4.78, 5) is 26.3. The maximum absolute atomic E-state index is 12.5. The van der Waals surface area contributed by atoms with Crippen LogP contribution >= 0.6 is 11.3 Å². The fraction of sp³-hybridized carbons (Fsp3) is 0.474. The molecular formula is C19H24N4O3S. The van der Waals surface area contributed by atoms with Gasteiger partial charge < -0.3 is 15.0 Å². The summed E-state index contributed by atoms with van der Waals surface area (Å²) in [6.45, 7) is 6.56. The van der Waals surface area contributed by atoms with Gasteiger partial charge in [0.05, 0.1) is 0 Å². The third-order valence-electron chi connectivity index (χ3n) is 4.19. The fourth-order valence-electron chi connectivity index (χ4n) is 2.83. The van der Waals surface area contributed by atoms with Crippen LogP contribution in [0.1, 0.15) is 33.6 Å². The lowest BCUT2D eigenvalue weighted by atomic mass is 9.96. The smallest absolute Gasteiger partial charge is 0.410 e. The van der Waals surface area contributed by atoms with Crippen LogP contribution in [0.3, 0.4) is 0 Å². The predicted molar refractivity (Wildman–Crippen MR) is 105 cm³/mol. The van der Waals surface area contributed by atoms with Crippen LogP contribution in [0.4, 0.5) is 9.93 Å². The van der Waals surface area contributed by atoms with Crippen molar-refractivity contribution in [2.24, 2.45) is 5.92 Å². The van der Waals surface area contributed by atoms with E-state index in [1.54, 1.807) is 4.90 Å². The first-order valence-electron chi connectivity index (χ1n) is 8.99. The molecule has 1 fully saturated rings. The van der Waals surface area contributed by atoms with Gasteiger partial charge in [0.2, 0.25) is 11.0 Å². The summed E-state index contributed by atoms with van der Waals surface area (Å²) in [6.07, 6.45) is 0.892. The summed E-state index contributed by atoms with van der Waals surface area (Å²) in [5.74, 6) is -0.220. The molecule has 0 atom stereocenters. The minimum atomic E-state index is -0.514. The zero-order chi connectivity index (χ0) is 19.4. The summed E-state index contributed by atoms with van der Waals surface area (Å²) >= 11 is 1.35. The maximum atomic E-state index is 12.5. The van der Waals surface area contributed by atoms with Crippen LogP contribution in [0.2, 0.25) is 0 Å². The maximum Gasteiger partial charge on any atom is 0.410 e. The van der Waals surface area contributed by atoms with Gasteiger partial charge in [-0.15, -0.1) is 10.2 Å². The average molecular weight is 388 g/mol. The van der Waals surface area contributed by atoms with E-state index in [1.165, 1.54) is 11.3 Å². The van der Waals surface area contributed by atoms with Crippen LogP contribution in [-0.2, 0) is 9.53 Å². The van der Waals surface area contributed by atoms with Gasteiger partial charge in [0, 0.05) is 24.6 Å². The SMILES string of the molecule is CC(C)(C)OC(=O)N1CCC(C(=O)Nc2nnc(-c3ccccc3)s2)CC1. The highest BCUT2D eigenvalue weighted by atomic mass is 32.1. The zero-order valence-electron chi connectivity index (χ0n) is 15.8. The Hall–Kier alpha value is -2.48. The van der Waals surface area contributed by atoms with Crippen molar-refractivity contribution in [3.05, 3.63) is 30.3 Å². The van der Waals surface area contributed by atoms with Crippen molar-refractivity contribution in [2.45, 2.75) is 39.2 Å². The van der Waals surface area contributed by atoms with E-state index < -0.39 is 5.60 Å². The Morgan fingerprint density at radius 2 is 1.81 bits per heavy atom. The Morgan fingerprint density at radius 1 is 1.15 bits per heavy atom. The van der Waals surface area contributed by atoms with Crippen LogP contribution < -0.4 is 5.32 Å². The first-order chi connectivity index (χ1) is 12.8. The first-order valence-corrected chi connectivity index (χ1v) is 9.81. The van der Waals surface area contributed by atoms with Gasteiger partial charge in [-0.05, 0) is 33.6 Å². The van der Waals surface area contributed by atoms with E-state index in [0.29, 0.717) is 31.1 Å². The Morgan fingerprint density at radius 3 is 2.44 bits per heavy atom. The number of nitrogens with one attached hydrogen (secondary N) is 1. The van der Waals surface area contributed by atoms with E-state index in [9.17, 15) is 9.59 Å². The molecule has 8 heteroatoms. The van der Waals surface area contributed by atoms with Crippen molar-refractivity contribution in [1.29, 1.82) is 0 Å². The standard InChI is InChI=1S/C19H24N4O3S/c1-19(2,3)26-18(25)23-11-9-13(10-12-23)15(24)20-17-22-21-16(27-17)14-7-5-4-6-8-14/h4-8,13H,9-12H2,1-3H3,(H,20,22,24). The lowest BCUT2D eigenvalue weighted by Crippen LogP contribution is -2.43. The van der Waals surface area contributed by atoms with E-state index in [0.717, 1.165) is 10.6 Å². The fourth-order valence-corrected chi connectivity index (χ4v) is 3.58. The normalized spacial score (nSPS) is 15.4. The topological polar surface area (TPSA) is 84.4 Å². The second-order valence-corrected chi connectivity index (χ2v) is 8.49.